The molecule has 0 aliphatic heterocycles. The monoisotopic (exact) mass is 302 g/mol. The highest BCUT2D eigenvalue weighted by molar-refractivity contribution is 14.1. The molecule has 0 saturated heterocycles. The van der Waals surface area contributed by atoms with Crippen molar-refractivity contribution in [2.24, 2.45) is 0 Å². The van der Waals surface area contributed by atoms with Gasteiger partial charge in [0.2, 0.25) is 0 Å². The summed E-state index contributed by atoms with van der Waals surface area (Å²) in [7, 11) is 0. The smallest absolute Gasteiger partial charge is 0.0703 e. The van der Waals surface area contributed by atoms with Crippen LogP contribution in [0.2, 0.25) is 0 Å². The van der Waals surface area contributed by atoms with E-state index < -0.39 is 0 Å². The highest BCUT2D eigenvalue weighted by Crippen LogP contribution is 1.88. The minimum Gasteiger partial charge on any atom is -0.378 e. The zero-order valence-corrected chi connectivity index (χ0v) is 10.6. The van der Waals surface area contributed by atoms with E-state index in [1.165, 1.54) is 0 Å². The second-order valence-electron chi connectivity index (χ2n) is 2.83. The molecule has 0 atom stereocenters. The van der Waals surface area contributed by atoms with Crippen molar-refractivity contribution in [2.45, 2.75) is 20.0 Å². The third-order valence-corrected chi connectivity index (χ3v) is 1.71. The second kappa shape index (κ2) is 10.7. The maximum absolute atomic E-state index is 5.30. The number of hydrogen-bond acceptors (Lipinski definition) is 3. The van der Waals surface area contributed by atoms with Crippen molar-refractivity contribution in [1.82, 2.24) is 0 Å². The number of rotatable bonds is 9. The molecule has 0 radical (unpaired) electrons. The summed E-state index contributed by atoms with van der Waals surface area (Å²) >= 11 is 2.28. The molecule has 13 heavy (non-hydrogen) atoms. The van der Waals surface area contributed by atoms with Crippen LogP contribution in [0.4, 0.5) is 0 Å². The molecule has 0 N–H and O–H groups in total. The zero-order valence-electron chi connectivity index (χ0n) is 8.42. The summed E-state index contributed by atoms with van der Waals surface area (Å²) in [5.74, 6) is 0. The van der Waals surface area contributed by atoms with E-state index in [2.05, 4.69) is 22.6 Å². The van der Waals surface area contributed by atoms with Crippen molar-refractivity contribution in [3.8, 4) is 0 Å². The Balaban J connectivity index is 2.84. The average molecular weight is 302 g/mol. The van der Waals surface area contributed by atoms with Crippen LogP contribution in [0.25, 0.3) is 0 Å². The lowest BCUT2D eigenvalue weighted by atomic mass is 10.5. The van der Waals surface area contributed by atoms with Gasteiger partial charge in [0, 0.05) is 4.43 Å². The molecule has 0 aliphatic rings. The summed E-state index contributed by atoms with van der Waals surface area (Å²) in [4.78, 5) is 0. The Morgan fingerprint density at radius 3 is 2.00 bits per heavy atom. The molecule has 0 unspecified atom stereocenters. The standard InChI is InChI=1S/C9H19IO3/c1-9(2)13-8-7-12-6-5-11-4-3-10/h9H,3-8H2,1-2H3. The number of halogens is 1. The Labute approximate surface area is 94.3 Å². The molecule has 0 rings (SSSR count). The predicted molar refractivity (Wildman–Crippen MR) is 61.6 cm³/mol. The van der Waals surface area contributed by atoms with Gasteiger partial charge in [-0.25, -0.2) is 0 Å². The fourth-order valence-corrected chi connectivity index (χ4v) is 1.03. The van der Waals surface area contributed by atoms with Crippen molar-refractivity contribution in [3.63, 3.8) is 0 Å². The van der Waals surface area contributed by atoms with Crippen LogP contribution in [0.3, 0.4) is 0 Å². The van der Waals surface area contributed by atoms with Crippen LogP contribution in [0.5, 0.6) is 0 Å². The molecule has 0 amide bonds. The summed E-state index contributed by atoms with van der Waals surface area (Å²) < 4.78 is 16.9. The normalized spacial score (nSPS) is 11.1. The first kappa shape index (κ1) is 13.6. The van der Waals surface area contributed by atoms with Crippen LogP contribution in [0.1, 0.15) is 13.8 Å². The van der Waals surface area contributed by atoms with Gasteiger partial charge < -0.3 is 14.2 Å². The topological polar surface area (TPSA) is 27.7 Å². The van der Waals surface area contributed by atoms with Crippen molar-refractivity contribution in [1.29, 1.82) is 0 Å². The first-order chi connectivity index (χ1) is 6.27. The van der Waals surface area contributed by atoms with Gasteiger partial charge in [0.25, 0.3) is 0 Å². The fourth-order valence-electron chi connectivity index (χ4n) is 0.719. The van der Waals surface area contributed by atoms with E-state index in [9.17, 15) is 0 Å². The lowest BCUT2D eigenvalue weighted by Crippen LogP contribution is -2.12. The minimum absolute atomic E-state index is 0.291. The maximum Gasteiger partial charge on any atom is 0.0703 e. The number of alkyl halides is 1. The fraction of sp³-hybridized carbons (Fsp3) is 1.00. The van der Waals surface area contributed by atoms with E-state index >= 15 is 0 Å². The molecule has 3 nitrogen and oxygen atoms in total. The number of ether oxygens (including phenoxy) is 3. The highest BCUT2D eigenvalue weighted by atomic mass is 127. The van der Waals surface area contributed by atoms with E-state index in [0.29, 0.717) is 32.5 Å². The highest BCUT2D eigenvalue weighted by Gasteiger charge is 1.93. The van der Waals surface area contributed by atoms with Gasteiger partial charge in [-0.3, -0.25) is 0 Å². The second-order valence-corrected chi connectivity index (χ2v) is 3.91. The van der Waals surface area contributed by atoms with Crippen molar-refractivity contribution >= 4 is 22.6 Å². The molecular weight excluding hydrogens is 283 g/mol. The van der Waals surface area contributed by atoms with E-state index in [-0.39, 0.29) is 0 Å². The van der Waals surface area contributed by atoms with E-state index in [0.717, 1.165) is 11.0 Å². The molecule has 0 aliphatic carbocycles. The van der Waals surface area contributed by atoms with E-state index in [1.807, 2.05) is 13.8 Å². The van der Waals surface area contributed by atoms with Crippen LogP contribution in [0.15, 0.2) is 0 Å². The molecule has 0 saturated carbocycles. The Bertz CT molecular complexity index is 98.9. The summed E-state index contributed by atoms with van der Waals surface area (Å²) in [6.07, 6.45) is 0.291. The van der Waals surface area contributed by atoms with E-state index in [1.54, 1.807) is 0 Å². The molecule has 80 valence electrons. The largest absolute Gasteiger partial charge is 0.378 e. The maximum atomic E-state index is 5.30. The molecule has 0 heterocycles. The van der Waals surface area contributed by atoms with Gasteiger partial charge in [-0.05, 0) is 13.8 Å². The van der Waals surface area contributed by atoms with Gasteiger partial charge in [0.15, 0.2) is 0 Å². The third-order valence-electron chi connectivity index (χ3n) is 1.27. The van der Waals surface area contributed by atoms with Gasteiger partial charge in [-0.1, -0.05) is 22.6 Å². The van der Waals surface area contributed by atoms with Crippen LogP contribution in [0, 0.1) is 0 Å². The Kier molecular flexibility index (Phi) is 11.2. The summed E-state index contributed by atoms with van der Waals surface area (Å²) in [5, 5.41) is 0. The summed E-state index contributed by atoms with van der Waals surface area (Å²) in [5.41, 5.74) is 0. The molecule has 0 fully saturated rings. The van der Waals surface area contributed by atoms with Crippen LogP contribution in [-0.4, -0.2) is 43.6 Å². The summed E-state index contributed by atoms with van der Waals surface area (Å²) in [6, 6.07) is 0. The van der Waals surface area contributed by atoms with Crippen LogP contribution in [-0.2, 0) is 14.2 Å². The molecule has 0 aromatic rings. The van der Waals surface area contributed by atoms with E-state index in [4.69, 9.17) is 14.2 Å². The molecule has 4 heteroatoms. The van der Waals surface area contributed by atoms with Gasteiger partial charge >= 0.3 is 0 Å². The molecule has 0 aromatic carbocycles. The average Bonchev–Trinajstić information content (AvgIpc) is 2.09. The van der Waals surface area contributed by atoms with Crippen molar-refractivity contribution in [3.05, 3.63) is 0 Å². The first-order valence-electron chi connectivity index (χ1n) is 4.60. The lowest BCUT2D eigenvalue weighted by Gasteiger charge is -2.07. The van der Waals surface area contributed by atoms with Crippen molar-refractivity contribution in [2.75, 3.05) is 37.5 Å². The van der Waals surface area contributed by atoms with Crippen molar-refractivity contribution < 1.29 is 14.2 Å². The SMILES string of the molecule is CC(C)OCCOCCOCCI. The molecular formula is C9H19IO3. The van der Waals surface area contributed by atoms with Gasteiger partial charge in [0.1, 0.15) is 0 Å². The third kappa shape index (κ3) is 12.6. The van der Waals surface area contributed by atoms with Crippen LogP contribution < -0.4 is 0 Å². The molecule has 0 spiro atoms. The predicted octanol–water partition coefficient (Wildman–Crippen LogP) is 1.88. The zero-order chi connectivity index (χ0) is 9.94. The number of hydrogen-bond donors (Lipinski definition) is 0. The summed E-state index contributed by atoms with van der Waals surface area (Å²) in [6.45, 7) is 7.53. The van der Waals surface area contributed by atoms with Crippen LogP contribution >= 0.6 is 22.6 Å². The molecule has 0 bridgehead atoms. The minimum atomic E-state index is 0.291. The first-order valence-corrected chi connectivity index (χ1v) is 6.13. The quantitative estimate of drug-likeness (QED) is 0.370. The Morgan fingerprint density at radius 2 is 1.46 bits per heavy atom. The Hall–Kier alpha value is 0.610. The van der Waals surface area contributed by atoms with Gasteiger partial charge in [-0.15, -0.1) is 0 Å². The van der Waals surface area contributed by atoms with Gasteiger partial charge in [0.05, 0.1) is 39.1 Å². The van der Waals surface area contributed by atoms with Gasteiger partial charge in [-0.2, -0.15) is 0 Å². The molecule has 0 aromatic heterocycles. The Morgan fingerprint density at radius 1 is 0.923 bits per heavy atom. The lowest BCUT2D eigenvalue weighted by molar-refractivity contribution is 0.000579.